The SMILES string of the molecule is CC(C)CC(=Cc1ccc(N(C)C)cc1)[N+](=O)[O-]. The monoisotopic (exact) mass is 248 g/mol. The highest BCUT2D eigenvalue weighted by molar-refractivity contribution is 5.56. The van der Waals surface area contributed by atoms with Crippen molar-refractivity contribution in [2.75, 3.05) is 19.0 Å². The summed E-state index contributed by atoms with van der Waals surface area (Å²) in [6.45, 7) is 3.96. The van der Waals surface area contributed by atoms with E-state index in [9.17, 15) is 10.1 Å². The van der Waals surface area contributed by atoms with Gasteiger partial charge in [-0.05, 0) is 23.6 Å². The van der Waals surface area contributed by atoms with Gasteiger partial charge in [0.15, 0.2) is 0 Å². The highest BCUT2D eigenvalue weighted by atomic mass is 16.6. The molecule has 1 aromatic rings. The molecular weight excluding hydrogens is 228 g/mol. The standard InChI is InChI=1S/C14H20N2O2/c1-11(2)9-14(16(17)18)10-12-5-7-13(8-6-12)15(3)4/h5-8,10-11H,9H2,1-4H3. The molecule has 98 valence electrons. The average Bonchev–Trinajstić information content (AvgIpc) is 2.28. The van der Waals surface area contributed by atoms with E-state index in [0.29, 0.717) is 6.42 Å². The van der Waals surface area contributed by atoms with Crippen LogP contribution >= 0.6 is 0 Å². The molecule has 0 aliphatic rings. The molecule has 0 N–H and O–H groups in total. The van der Waals surface area contributed by atoms with Crippen molar-refractivity contribution in [1.29, 1.82) is 0 Å². The van der Waals surface area contributed by atoms with Gasteiger partial charge in [-0.1, -0.05) is 26.0 Å². The summed E-state index contributed by atoms with van der Waals surface area (Å²) in [7, 11) is 3.93. The molecule has 0 fully saturated rings. The summed E-state index contributed by atoms with van der Waals surface area (Å²) in [6, 6.07) is 7.72. The van der Waals surface area contributed by atoms with Gasteiger partial charge in [-0.15, -0.1) is 0 Å². The molecule has 0 aliphatic heterocycles. The van der Waals surface area contributed by atoms with Crippen molar-refractivity contribution in [3.8, 4) is 0 Å². The van der Waals surface area contributed by atoms with Crippen LogP contribution in [0.1, 0.15) is 25.8 Å². The average molecular weight is 248 g/mol. The number of nitrogens with zero attached hydrogens (tertiary/aromatic N) is 2. The quantitative estimate of drug-likeness (QED) is 0.592. The molecule has 0 spiro atoms. The zero-order chi connectivity index (χ0) is 13.7. The zero-order valence-electron chi connectivity index (χ0n) is 11.4. The topological polar surface area (TPSA) is 46.4 Å². The number of nitro groups is 1. The van der Waals surface area contributed by atoms with E-state index in [-0.39, 0.29) is 16.5 Å². The Morgan fingerprint density at radius 3 is 2.28 bits per heavy atom. The van der Waals surface area contributed by atoms with Crippen molar-refractivity contribution in [2.45, 2.75) is 20.3 Å². The predicted octanol–water partition coefficient (Wildman–Crippen LogP) is 3.42. The van der Waals surface area contributed by atoms with Crippen LogP contribution < -0.4 is 4.90 Å². The van der Waals surface area contributed by atoms with Crippen molar-refractivity contribution in [3.05, 3.63) is 45.6 Å². The van der Waals surface area contributed by atoms with E-state index in [0.717, 1.165) is 11.3 Å². The fraction of sp³-hybridized carbons (Fsp3) is 0.429. The van der Waals surface area contributed by atoms with Gasteiger partial charge in [-0.25, -0.2) is 0 Å². The molecule has 0 aromatic heterocycles. The van der Waals surface area contributed by atoms with E-state index in [1.165, 1.54) is 0 Å². The Morgan fingerprint density at radius 1 is 1.33 bits per heavy atom. The van der Waals surface area contributed by atoms with Gasteiger partial charge in [-0.3, -0.25) is 10.1 Å². The first kappa shape index (κ1) is 14.2. The molecule has 0 aliphatic carbocycles. The van der Waals surface area contributed by atoms with E-state index < -0.39 is 0 Å². The highest BCUT2D eigenvalue weighted by Gasteiger charge is 2.12. The van der Waals surface area contributed by atoms with Gasteiger partial charge in [0.1, 0.15) is 0 Å². The summed E-state index contributed by atoms with van der Waals surface area (Å²) in [5.74, 6) is 0.280. The summed E-state index contributed by atoms with van der Waals surface area (Å²) in [5.41, 5.74) is 2.22. The number of hydrogen-bond donors (Lipinski definition) is 0. The summed E-state index contributed by atoms with van der Waals surface area (Å²) in [6.07, 6.45) is 2.14. The van der Waals surface area contributed by atoms with Gasteiger partial charge < -0.3 is 4.90 Å². The Kier molecular flexibility index (Phi) is 4.89. The fourth-order valence-corrected chi connectivity index (χ4v) is 1.67. The lowest BCUT2D eigenvalue weighted by Crippen LogP contribution is -2.08. The van der Waals surface area contributed by atoms with Crippen LogP contribution in [-0.4, -0.2) is 19.0 Å². The third kappa shape index (κ3) is 4.20. The van der Waals surface area contributed by atoms with Crippen LogP contribution in [0.2, 0.25) is 0 Å². The van der Waals surface area contributed by atoms with E-state index in [4.69, 9.17) is 0 Å². The van der Waals surface area contributed by atoms with E-state index in [2.05, 4.69) is 0 Å². The normalized spacial score (nSPS) is 11.7. The smallest absolute Gasteiger partial charge is 0.247 e. The van der Waals surface area contributed by atoms with Crippen LogP contribution in [0.25, 0.3) is 6.08 Å². The Labute approximate surface area is 108 Å². The van der Waals surface area contributed by atoms with Crippen LogP contribution in [0.4, 0.5) is 5.69 Å². The molecule has 0 amide bonds. The van der Waals surface area contributed by atoms with Crippen molar-refractivity contribution < 1.29 is 4.92 Å². The molecule has 4 heteroatoms. The van der Waals surface area contributed by atoms with Crippen LogP contribution in [0.3, 0.4) is 0 Å². The van der Waals surface area contributed by atoms with Gasteiger partial charge >= 0.3 is 0 Å². The Hall–Kier alpha value is -1.84. The van der Waals surface area contributed by atoms with E-state index in [1.54, 1.807) is 6.08 Å². The molecule has 18 heavy (non-hydrogen) atoms. The number of rotatable bonds is 5. The lowest BCUT2D eigenvalue weighted by Gasteiger charge is -2.11. The van der Waals surface area contributed by atoms with Gasteiger partial charge in [0, 0.05) is 32.3 Å². The second-order valence-electron chi connectivity index (χ2n) is 4.98. The minimum Gasteiger partial charge on any atom is -0.378 e. The van der Waals surface area contributed by atoms with Crippen LogP contribution in [0.15, 0.2) is 30.0 Å². The molecule has 1 aromatic carbocycles. The number of allylic oxidation sites excluding steroid dienone is 1. The largest absolute Gasteiger partial charge is 0.378 e. The molecule has 0 heterocycles. The Balaban J connectivity index is 2.94. The lowest BCUT2D eigenvalue weighted by atomic mass is 10.1. The first-order chi connectivity index (χ1) is 8.40. The molecule has 0 bridgehead atoms. The minimum absolute atomic E-state index is 0.266. The Morgan fingerprint density at radius 2 is 1.89 bits per heavy atom. The number of benzene rings is 1. The Bertz CT molecular complexity index is 434. The molecule has 0 atom stereocenters. The minimum atomic E-state index is -0.292. The molecule has 4 nitrogen and oxygen atoms in total. The first-order valence-corrected chi connectivity index (χ1v) is 6.02. The van der Waals surface area contributed by atoms with Crippen LogP contribution in [-0.2, 0) is 0 Å². The second kappa shape index (κ2) is 6.19. The molecular formula is C14H20N2O2. The summed E-state index contributed by atoms with van der Waals surface area (Å²) >= 11 is 0. The maximum absolute atomic E-state index is 10.9. The number of hydrogen-bond acceptors (Lipinski definition) is 3. The second-order valence-corrected chi connectivity index (χ2v) is 4.98. The molecule has 0 saturated heterocycles. The van der Waals surface area contributed by atoms with Crippen molar-refractivity contribution in [2.24, 2.45) is 5.92 Å². The van der Waals surface area contributed by atoms with E-state index >= 15 is 0 Å². The van der Waals surface area contributed by atoms with Crippen molar-refractivity contribution >= 4 is 11.8 Å². The summed E-state index contributed by atoms with van der Waals surface area (Å²) in [5, 5.41) is 10.9. The third-order valence-electron chi connectivity index (χ3n) is 2.59. The number of anilines is 1. The fourth-order valence-electron chi connectivity index (χ4n) is 1.67. The van der Waals surface area contributed by atoms with Crippen LogP contribution in [0, 0.1) is 16.0 Å². The van der Waals surface area contributed by atoms with Gasteiger partial charge in [0.2, 0.25) is 5.70 Å². The molecule has 0 radical (unpaired) electrons. The zero-order valence-corrected chi connectivity index (χ0v) is 11.4. The van der Waals surface area contributed by atoms with Crippen LogP contribution in [0.5, 0.6) is 0 Å². The first-order valence-electron chi connectivity index (χ1n) is 6.02. The predicted molar refractivity (Wildman–Crippen MR) is 75.2 cm³/mol. The lowest BCUT2D eigenvalue weighted by molar-refractivity contribution is -0.427. The maximum Gasteiger partial charge on any atom is 0.247 e. The van der Waals surface area contributed by atoms with Crippen molar-refractivity contribution in [3.63, 3.8) is 0 Å². The molecule has 0 saturated carbocycles. The summed E-state index contributed by atoms with van der Waals surface area (Å²) < 4.78 is 0. The molecule has 0 unspecified atom stereocenters. The molecule has 1 rings (SSSR count). The highest BCUT2D eigenvalue weighted by Crippen LogP contribution is 2.18. The third-order valence-corrected chi connectivity index (χ3v) is 2.59. The summed E-state index contributed by atoms with van der Waals surface area (Å²) in [4.78, 5) is 12.6. The van der Waals surface area contributed by atoms with Crippen molar-refractivity contribution in [1.82, 2.24) is 0 Å². The van der Waals surface area contributed by atoms with E-state index in [1.807, 2.05) is 57.1 Å². The van der Waals surface area contributed by atoms with Gasteiger partial charge in [0.05, 0.1) is 4.92 Å². The maximum atomic E-state index is 10.9. The van der Waals surface area contributed by atoms with Gasteiger partial charge in [-0.2, -0.15) is 0 Å². The van der Waals surface area contributed by atoms with Gasteiger partial charge in [0.25, 0.3) is 0 Å².